The number of carbonyl (C=O) groups excluding carboxylic acids is 1. The molecule has 0 bridgehead atoms. The topological polar surface area (TPSA) is 93.7 Å². The predicted molar refractivity (Wildman–Crippen MR) is 144 cm³/mol. The summed E-state index contributed by atoms with van der Waals surface area (Å²) in [7, 11) is -3.77. The minimum absolute atomic E-state index is 0.0885. The Morgan fingerprint density at radius 1 is 0.722 bits per heavy atom. The number of hydrogen-bond acceptors (Lipinski definition) is 5. The average molecular weight is 511 g/mol. The molecule has 0 heterocycles. The van der Waals surface area contributed by atoms with E-state index in [-0.39, 0.29) is 10.8 Å². The Balaban J connectivity index is 1.52. The molecule has 2 N–H and O–H groups in total. The number of unbranched alkanes of at least 4 members (excludes halogenated alkanes) is 4. The number of benzene rings is 3. The van der Waals surface area contributed by atoms with E-state index in [9.17, 15) is 13.2 Å². The third-order valence-corrected chi connectivity index (χ3v) is 6.87. The Morgan fingerprint density at radius 2 is 1.31 bits per heavy atom. The first-order chi connectivity index (χ1) is 17.4. The largest absolute Gasteiger partial charge is 0.494 e. The van der Waals surface area contributed by atoms with E-state index in [1.807, 2.05) is 6.92 Å². The van der Waals surface area contributed by atoms with Crippen LogP contribution in [-0.4, -0.2) is 27.5 Å². The molecule has 192 valence electrons. The van der Waals surface area contributed by atoms with Crippen molar-refractivity contribution < 1.29 is 22.7 Å². The summed E-state index contributed by atoms with van der Waals surface area (Å²) in [5.74, 6) is 1.11. The molecule has 8 heteroatoms. The third kappa shape index (κ3) is 8.30. The van der Waals surface area contributed by atoms with Gasteiger partial charge in [0.2, 0.25) is 0 Å². The van der Waals surface area contributed by atoms with E-state index in [1.54, 1.807) is 60.7 Å². The lowest BCUT2D eigenvalue weighted by Gasteiger charge is -2.11. The fraction of sp³-hybridized carbons (Fsp3) is 0.321. The van der Waals surface area contributed by atoms with Crippen LogP contribution in [0, 0.1) is 0 Å². The number of carbonyl (C=O) groups is 1. The molecule has 0 atom stereocenters. The van der Waals surface area contributed by atoms with Gasteiger partial charge in [0.05, 0.1) is 18.1 Å². The highest BCUT2D eigenvalue weighted by Crippen LogP contribution is 2.21. The highest BCUT2D eigenvalue weighted by atomic mass is 32.2. The Kier molecular flexibility index (Phi) is 10.2. The SMILES string of the molecule is CCCCCCCOc1ccc(C(=O)Nc2ccc(S(=O)(=O)Nc3ccc(OCC)cc3)cc2)cc1. The molecule has 0 unspecified atom stereocenters. The van der Waals surface area contributed by atoms with E-state index in [1.165, 1.54) is 31.4 Å². The van der Waals surface area contributed by atoms with Gasteiger partial charge in [-0.3, -0.25) is 9.52 Å². The minimum Gasteiger partial charge on any atom is -0.494 e. The van der Waals surface area contributed by atoms with Crippen molar-refractivity contribution in [3.63, 3.8) is 0 Å². The van der Waals surface area contributed by atoms with Crippen LogP contribution < -0.4 is 19.5 Å². The monoisotopic (exact) mass is 510 g/mol. The van der Waals surface area contributed by atoms with Gasteiger partial charge in [0.25, 0.3) is 15.9 Å². The van der Waals surface area contributed by atoms with Crippen LogP contribution in [0.3, 0.4) is 0 Å². The van der Waals surface area contributed by atoms with Crippen LogP contribution in [0.5, 0.6) is 11.5 Å². The van der Waals surface area contributed by atoms with E-state index in [0.717, 1.165) is 18.6 Å². The highest BCUT2D eigenvalue weighted by molar-refractivity contribution is 7.92. The first kappa shape index (κ1) is 27.1. The first-order valence-corrected chi connectivity index (χ1v) is 13.8. The van der Waals surface area contributed by atoms with Crippen molar-refractivity contribution in [3.8, 4) is 11.5 Å². The summed E-state index contributed by atoms with van der Waals surface area (Å²) >= 11 is 0. The van der Waals surface area contributed by atoms with Gasteiger partial charge in [-0.05, 0) is 86.1 Å². The molecule has 3 rings (SSSR count). The molecule has 0 saturated heterocycles. The summed E-state index contributed by atoms with van der Waals surface area (Å²) in [5, 5.41) is 2.79. The van der Waals surface area contributed by atoms with E-state index in [0.29, 0.717) is 35.9 Å². The maximum absolute atomic E-state index is 12.7. The lowest BCUT2D eigenvalue weighted by Crippen LogP contribution is -2.14. The summed E-state index contributed by atoms with van der Waals surface area (Å²) in [6.07, 6.45) is 5.87. The number of hydrogen-bond donors (Lipinski definition) is 2. The second-order valence-corrected chi connectivity index (χ2v) is 10.0. The average Bonchev–Trinajstić information content (AvgIpc) is 2.88. The molecule has 0 aromatic heterocycles. The minimum atomic E-state index is -3.77. The van der Waals surface area contributed by atoms with Gasteiger partial charge in [0.1, 0.15) is 11.5 Å². The van der Waals surface area contributed by atoms with Crippen LogP contribution in [0.15, 0.2) is 77.7 Å². The standard InChI is InChI=1S/C28H34N2O5S/c1-3-5-6-7-8-21-35-26-15-9-22(10-16-26)28(31)29-23-13-19-27(20-14-23)36(32,33)30-24-11-17-25(18-12-24)34-4-2/h9-20,30H,3-8,21H2,1-2H3,(H,29,31). The number of amides is 1. The number of rotatable bonds is 14. The molecule has 0 aliphatic rings. The molecular weight excluding hydrogens is 476 g/mol. The Hall–Kier alpha value is -3.52. The van der Waals surface area contributed by atoms with Gasteiger partial charge in [-0.15, -0.1) is 0 Å². The number of sulfonamides is 1. The molecule has 0 radical (unpaired) electrons. The highest BCUT2D eigenvalue weighted by Gasteiger charge is 2.15. The van der Waals surface area contributed by atoms with Crippen molar-refractivity contribution in [2.24, 2.45) is 0 Å². The van der Waals surface area contributed by atoms with Gasteiger partial charge in [-0.1, -0.05) is 32.6 Å². The van der Waals surface area contributed by atoms with Gasteiger partial charge in [-0.2, -0.15) is 0 Å². The third-order valence-electron chi connectivity index (χ3n) is 5.47. The van der Waals surface area contributed by atoms with Crippen LogP contribution in [0.4, 0.5) is 11.4 Å². The van der Waals surface area contributed by atoms with Crippen molar-refractivity contribution in [1.29, 1.82) is 0 Å². The molecule has 0 aliphatic heterocycles. The summed E-state index contributed by atoms with van der Waals surface area (Å²) < 4.78 is 39.0. The molecule has 0 spiro atoms. The second-order valence-electron chi connectivity index (χ2n) is 8.33. The second kappa shape index (κ2) is 13.5. The van der Waals surface area contributed by atoms with E-state index in [4.69, 9.17) is 9.47 Å². The number of ether oxygens (including phenoxy) is 2. The predicted octanol–water partition coefficient (Wildman–Crippen LogP) is 6.49. The van der Waals surface area contributed by atoms with Gasteiger partial charge in [0, 0.05) is 16.9 Å². The lowest BCUT2D eigenvalue weighted by atomic mass is 10.1. The molecule has 7 nitrogen and oxygen atoms in total. The first-order valence-electron chi connectivity index (χ1n) is 12.3. The Bertz CT molecular complexity index is 1190. The molecule has 3 aromatic rings. The zero-order valence-corrected chi connectivity index (χ0v) is 21.6. The summed E-state index contributed by atoms with van der Waals surface area (Å²) in [5.41, 5.74) is 1.41. The van der Waals surface area contributed by atoms with Crippen molar-refractivity contribution in [2.75, 3.05) is 23.3 Å². The van der Waals surface area contributed by atoms with Crippen molar-refractivity contribution >= 4 is 27.3 Å². The van der Waals surface area contributed by atoms with E-state index < -0.39 is 10.0 Å². The fourth-order valence-corrected chi connectivity index (χ4v) is 4.58. The van der Waals surface area contributed by atoms with Gasteiger partial charge in [-0.25, -0.2) is 8.42 Å². The zero-order chi connectivity index (χ0) is 25.8. The summed E-state index contributed by atoms with van der Waals surface area (Å²) in [6, 6.07) is 19.7. The summed E-state index contributed by atoms with van der Waals surface area (Å²) in [4.78, 5) is 12.7. The summed E-state index contributed by atoms with van der Waals surface area (Å²) in [6.45, 7) is 5.27. The molecule has 0 aliphatic carbocycles. The molecule has 0 fully saturated rings. The number of anilines is 2. The Labute approximate surface area is 213 Å². The Morgan fingerprint density at radius 3 is 1.94 bits per heavy atom. The van der Waals surface area contributed by atoms with Gasteiger partial charge < -0.3 is 14.8 Å². The van der Waals surface area contributed by atoms with Crippen LogP contribution >= 0.6 is 0 Å². The maximum atomic E-state index is 12.7. The lowest BCUT2D eigenvalue weighted by molar-refractivity contribution is 0.102. The quantitative estimate of drug-likeness (QED) is 0.242. The van der Waals surface area contributed by atoms with Gasteiger partial charge in [0.15, 0.2) is 0 Å². The molecule has 1 amide bonds. The normalized spacial score (nSPS) is 11.1. The van der Waals surface area contributed by atoms with Crippen molar-refractivity contribution in [3.05, 3.63) is 78.4 Å². The van der Waals surface area contributed by atoms with Crippen LogP contribution in [0.2, 0.25) is 0 Å². The van der Waals surface area contributed by atoms with Crippen molar-refractivity contribution in [2.45, 2.75) is 50.8 Å². The van der Waals surface area contributed by atoms with E-state index in [2.05, 4.69) is 17.0 Å². The maximum Gasteiger partial charge on any atom is 0.261 e. The fourth-order valence-electron chi connectivity index (χ4n) is 3.52. The van der Waals surface area contributed by atoms with Crippen LogP contribution in [-0.2, 0) is 10.0 Å². The number of nitrogens with one attached hydrogen (secondary N) is 2. The zero-order valence-electron chi connectivity index (χ0n) is 20.8. The van der Waals surface area contributed by atoms with E-state index >= 15 is 0 Å². The molecule has 36 heavy (non-hydrogen) atoms. The molecule has 3 aromatic carbocycles. The van der Waals surface area contributed by atoms with Crippen molar-refractivity contribution in [1.82, 2.24) is 0 Å². The smallest absolute Gasteiger partial charge is 0.261 e. The molecular formula is C28H34N2O5S. The molecule has 0 saturated carbocycles. The van der Waals surface area contributed by atoms with Gasteiger partial charge >= 0.3 is 0 Å². The van der Waals surface area contributed by atoms with Crippen LogP contribution in [0.1, 0.15) is 56.3 Å². The van der Waals surface area contributed by atoms with Crippen LogP contribution in [0.25, 0.3) is 0 Å².